The maximum Gasteiger partial charge on any atom is 0.242 e. The topological polar surface area (TPSA) is 102 Å². The Labute approximate surface area is 117 Å². The van der Waals surface area contributed by atoms with Gasteiger partial charge < -0.3 is 4.74 Å². The minimum Gasteiger partial charge on any atom is -0.477 e. The van der Waals surface area contributed by atoms with Gasteiger partial charge in [0, 0.05) is 0 Å². The van der Waals surface area contributed by atoms with E-state index in [9.17, 15) is 0 Å². The molecule has 0 amide bonds. The number of fused-ring (bicyclic) bond motifs is 1. The maximum absolute atomic E-state index is 5.90. The average Bonchev–Trinajstić information content (AvgIpc) is 2.93. The number of hydrogen-bond acceptors (Lipinski definition) is 6. The smallest absolute Gasteiger partial charge is 0.242 e. The van der Waals surface area contributed by atoms with Crippen molar-refractivity contribution >= 4 is 17.0 Å². The highest BCUT2D eigenvalue weighted by molar-refractivity contribution is 5.80. The van der Waals surface area contributed by atoms with E-state index in [4.69, 9.17) is 10.6 Å². The Kier molecular flexibility index (Phi) is 3.68. The third-order valence-corrected chi connectivity index (χ3v) is 3.90. The van der Waals surface area contributed by atoms with Crippen LogP contribution in [0.4, 0.5) is 5.95 Å². The van der Waals surface area contributed by atoms with E-state index >= 15 is 0 Å². The zero-order valence-corrected chi connectivity index (χ0v) is 11.6. The molecule has 2 heterocycles. The summed E-state index contributed by atoms with van der Waals surface area (Å²) in [6.07, 6.45) is 6.74. The first-order valence-electron chi connectivity index (χ1n) is 7.06. The van der Waals surface area contributed by atoms with Gasteiger partial charge in [-0.25, -0.2) is 5.84 Å². The number of H-pyrrole nitrogens is 1. The Bertz CT molecular complexity index is 583. The molecule has 0 aromatic carbocycles. The third-order valence-electron chi connectivity index (χ3n) is 3.90. The van der Waals surface area contributed by atoms with Gasteiger partial charge in [0.1, 0.15) is 5.39 Å². The maximum atomic E-state index is 5.90. The molecule has 7 nitrogen and oxygen atoms in total. The second-order valence-corrected chi connectivity index (χ2v) is 5.58. The predicted molar refractivity (Wildman–Crippen MR) is 76.1 cm³/mol. The van der Waals surface area contributed by atoms with Gasteiger partial charge in [0.15, 0.2) is 5.65 Å². The van der Waals surface area contributed by atoms with Crippen LogP contribution < -0.4 is 16.0 Å². The molecule has 1 aliphatic rings. The molecule has 2 aromatic rings. The molecule has 3 rings (SSSR count). The summed E-state index contributed by atoms with van der Waals surface area (Å²) in [6, 6.07) is 0. The molecular weight excluding hydrogens is 256 g/mol. The van der Waals surface area contributed by atoms with Gasteiger partial charge in [-0.3, -0.25) is 10.5 Å². The quantitative estimate of drug-likeness (QED) is 0.582. The van der Waals surface area contributed by atoms with Crippen LogP contribution in [-0.2, 0) is 0 Å². The SMILES string of the molecule is CC1CCCC(COc2nc(NN)nc3[nH]ncc23)C1. The second kappa shape index (κ2) is 5.62. The van der Waals surface area contributed by atoms with Crippen LogP contribution >= 0.6 is 0 Å². The van der Waals surface area contributed by atoms with Crippen LogP contribution in [0.2, 0.25) is 0 Å². The van der Waals surface area contributed by atoms with E-state index in [-0.39, 0.29) is 0 Å². The van der Waals surface area contributed by atoms with Gasteiger partial charge in [-0.2, -0.15) is 15.1 Å². The number of aromatic amines is 1. The van der Waals surface area contributed by atoms with Crippen LogP contribution in [0.5, 0.6) is 5.88 Å². The first kappa shape index (κ1) is 13.1. The molecule has 2 unspecified atom stereocenters. The lowest BCUT2D eigenvalue weighted by molar-refractivity contribution is 0.179. The van der Waals surface area contributed by atoms with Gasteiger partial charge in [0.25, 0.3) is 0 Å². The molecule has 1 aliphatic carbocycles. The first-order valence-corrected chi connectivity index (χ1v) is 7.06. The third kappa shape index (κ3) is 2.67. The largest absolute Gasteiger partial charge is 0.477 e. The number of hydrogen-bond donors (Lipinski definition) is 3. The van der Waals surface area contributed by atoms with Crippen molar-refractivity contribution in [2.24, 2.45) is 17.7 Å². The van der Waals surface area contributed by atoms with Crippen molar-refractivity contribution in [3.05, 3.63) is 6.20 Å². The van der Waals surface area contributed by atoms with Gasteiger partial charge in [-0.05, 0) is 24.7 Å². The number of hydrazine groups is 1. The van der Waals surface area contributed by atoms with Crippen LogP contribution in [0.3, 0.4) is 0 Å². The number of nitrogens with two attached hydrogens (primary N) is 1. The molecule has 4 N–H and O–H groups in total. The first-order chi connectivity index (χ1) is 9.76. The molecule has 2 atom stereocenters. The standard InChI is InChI=1S/C13H20N6O/c1-8-3-2-4-9(5-8)7-20-12-10-6-15-19-11(10)16-13(17-12)18-14/h6,8-9H,2-5,7,14H2,1H3,(H2,15,16,17,18,19). The monoisotopic (exact) mass is 276 g/mol. The van der Waals surface area contributed by atoms with Gasteiger partial charge >= 0.3 is 0 Å². The Balaban J connectivity index is 1.74. The minimum absolute atomic E-state index is 0.328. The summed E-state index contributed by atoms with van der Waals surface area (Å²) in [7, 11) is 0. The minimum atomic E-state index is 0.328. The van der Waals surface area contributed by atoms with Crippen molar-refractivity contribution in [3.63, 3.8) is 0 Å². The lowest BCUT2D eigenvalue weighted by atomic mass is 9.83. The Hall–Kier alpha value is -1.89. The number of nitrogen functional groups attached to an aromatic ring is 1. The molecule has 0 aliphatic heterocycles. The van der Waals surface area contributed by atoms with E-state index in [1.54, 1.807) is 6.20 Å². The summed E-state index contributed by atoms with van der Waals surface area (Å²) < 4.78 is 5.90. The number of nitrogens with one attached hydrogen (secondary N) is 2. The molecule has 20 heavy (non-hydrogen) atoms. The Morgan fingerprint density at radius 2 is 2.35 bits per heavy atom. The van der Waals surface area contributed by atoms with E-state index in [2.05, 4.69) is 32.5 Å². The summed E-state index contributed by atoms with van der Waals surface area (Å²) in [6.45, 7) is 2.99. The average molecular weight is 276 g/mol. The highest BCUT2D eigenvalue weighted by Gasteiger charge is 2.20. The van der Waals surface area contributed by atoms with Crippen LogP contribution in [-0.4, -0.2) is 26.8 Å². The molecule has 1 saturated carbocycles. The lowest BCUT2D eigenvalue weighted by Crippen LogP contribution is -2.20. The van der Waals surface area contributed by atoms with Crippen LogP contribution in [0.15, 0.2) is 6.20 Å². The lowest BCUT2D eigenvalue weighted by Gasteiger charge is -2.26. The molecule has 0 saturated heterocycles. The molecule has 7 heteroatoms. The summed E-state index contributed by atoms with van der Waals surface area (Å²) in [5.74, 6) is 7.63. The zero-order chi connectivity index (χ0) is 13.9. The summed E-state index contributed by atoms with van der Waals surface area (Å²) >= 11 is 0. The molecular formula is C13H20N6O. The van der Waals surface area contributed by atoms with Crippen molar-refractivity contribution in [1.29, 1.82) is 0 Å². The molecule has 0 spiro atoms. The van der Waals surface area contributed by atoms with Crippen molar-refractivity contribution in [2.75, 3.05) is 12.0 Å². The molecule has 108 valence electrons. The fraction of sp³-hybridized carbons (Fsp3) is 0.615. The van der Waals surface area contributed by atoms with Crippen LogP contribution in [0.25, 0.3) is 11.0 Å². The number of aromatic nitrogens is 4. The van der Waals surface area contributed by atoms with E-state index < -0.39 is 0 Å². The highest BCUT2D eigenvalue weighted by Crippen LogP contribution is 2.30. The second-order valence-electron chi connectivity index (χ2n) is 5.58. The Morgan fingerprint density at radius 3 is 3.15 bits per heavy atom. The van der Waals surface area contributed by atoms with Gasteiger partial charge in [0.2, 0.25) is 11.8 Å². The van der Waals surface area contributed by atoms with Crippen molar-refractivity contribution in [3.8, 4) is 5.88 Å². The van der Waals surface area contributed by atoms with Crippen LogP contribution in [0, 0.1) is 11.8 Å². The highest BCUT2D eigenvalue weighted by atomic mass is 16.5. The van der Waals surface area contributed by atoms with Gasteiger partial charge in [-0.15, -0.1) is 0 Å². The zero-order valence-electron chi connectivity index (χ0n) is 11.6. The van der Waals surface area contributed by atoms with Gasteiger partial charge in [0.05, 0.1) is 12.8 Å². The Morgan fingerprint density at radius 1 is 1.45 bits per heavy atom. The van der Waals surface area contributed by atoms with Crippen LogP contribution in [0.1, 0.15) is 32.6 Å². The van der Waals surface area contributed by atoms with Crippen molar-refractivity contribution in [2.45, 2.75) is 32.6 Å². The molecule has 0 bridgehead atoms. The number of ether oxygens (including phenoxy) is 1. The number of anilines is 1. The summed E-state index contributed by atoms with van der Waals surface area (Å²) in [5.41, 5.74) is 3.07. The summed E-state index contributed by atoms with van der Waals surface area (Å²) in [4.78, 5) is 8.44. The number of nitrogens with zero attached hydrogens (tertiary/aromatic N) is 3. The molecule has 2 aromatic heterocycles. The van der Waals surface area contributed by atoms with Gasteiger partial charge in [-0.1, -0.05) is 19.8 Å². The number of rotatable bonds is 4. The fourth-order valence-corrected chi connectivity index (χ4v) is 2.89. The van der Waals surface area contributed by atoms with E-state index in [0.29, 0.717) is 30.0 Å². The van der Waals surface area contributed by atoms with Crippen molar-refractivity contribution in [1.82, 2.24) is 20.2 Å². The summed E-state index contributed by atoms with van der Waals surface area (Å²) in [5, 5.41) is 7.56. The molecule has 1 fully saturated rings. The van der Waals surface area contributed by atoms with E-state index in [0.717, 1.165) is 11.3 Å². The fourth-order valence-electron chi connectivity index (χ4n) is 2.89. The van der Waals surface area contributed by atoms with E-state index in [1.165, 1.54) is 25.7 Å². The molecule has 0 radical (unpaired) electrons. The normalized spacial score (nSPS) is 22.9. The van der Waals surface area contributed by atoms with E-state index in [1.807, 2.05) is 0 Å². The van der Waals surface area contributed by atoms with Crippen molar-refractivity contribution < 1.29 is 4.74 Å². The predicted octanol–water partition coefficient (Wildman–Crippen LogP) is 1.84.